The number of thioether (sulfide) groups is 2. The van der Waals surface area contributed by atoms with E-state index in [0.29, 0.717) is 0 Å². The number of methoxy groups -OCH3 is 2. The van der Waals surface area contributed by atoms with Gasteiger partial charge in [-0.25, -0.2) is 36.7 Å². The quantitative estimate of drug-likeness (QED) is 0.127. The second kappa shape index (κ2) is 14.7. The van der Waals surface area contributed by atoms with Crippen molar-refractivity contribution in [1.82, 2.24) is 10.6 Å². The van der Waals surface area contributed by atoms with Crippen LogP contribution in [-0.2, 0) is 28.5 Å². The molecule has 0 bridgehead atoms. The lowest BCUT2D eigenvalue weighted by Crippen LogP contribution is -2.45. The second-order valence-corrected chi connectivity index (χ2v) is 12.0. The zero-order chi connectivity index (χ0) is 31.0. The van der Waals surface area contributed by atoms with Gasteiger partial charge in [0.2, 0.25) is 0 Å². The van der Waals surface area contributed by atoms with Crippen LogP contribution in [0.25, 0.3) is 0 Å². The van der Waals surface area contributed by atoms with E-state index < -0.39 is 92.0 Å². The Balaban J connectivity index is 3.14. The molecule has 226 valence electrons. The monoisotopic (exact) mass is 616 g/mol. The number of hydrogen-bond donors (Lipinski definition) is 2. The number of nitrogens with one attached hydrogen (secondary N) is 2. The number of alkyl carbamates (subject to hydrolysis) is 2. The maximum atomic E-state index is 14.8. The van der Waals surface area contributed by atoms with Gasteiger partial charge >= 0.3 is 24.1 Å². The molecular weight excluding hydrogens is 584 g/mol. The molecule has 0 saturated heterocycles. The number of benzene rings is 1. The summed E-state index contributed by atoms with van der Waals surface area (Å²) in [7, 11) is 2.01. The second-order valence-electron chi connectivity index (χ2n) is 9.98. The number of carbonyl (C=O) groups excluding carboxylic acids is 4. The fourth-order valence-corrected chi connectivity index (χ4v) is 4.67. The van der Waals surface area contributed by atoms with Crippen molar-refractivity contribution in [3.05, 3.63) is 23.3 Å². The lowest BCUT2D eigenvalue weighted by Gasteiger charge is -2.23. The summed E-state index contributed by atoms with van der Waals surface area (Å²) in [4.78, 5) is 46.0. The van der Waals surface area contributed by atoms with E-state index in [1.54, 1.807) is 41.5 Å². The van der Waals surface area contributed by atoms with Crippen LogP contribution in [0.2, 0.25) is 0 Å². The SMILES string of the molecule is COC(=O)[C@H](CSc1c(F)c(F)c(SC[C@H](NC(=O)OC(C)(C)C)C(=O)OC)c(F)c1F)NC(=O)OC(C)(C)C. The number of rotatable bonds is 10. The Morgan fingerprint density at radius 2 is 0.925 bits per heavy atom. The lowest BCUT2D eigenvalue weighted by atomic mass is 10.2. The first kappa shape index (κ1) is 35.1. The fraction of sp³-hybridized carbons (Fsp3) is 0.583. The summed E-state index contributed by atoms with van der Waals surface area (Å²) in [6.45, 7) is 9.37. The Morgan fingerprint density at radius 3 is 1.15 bits per heavy atom. The molecule has 1 aromatic carbocycles. The third-order valence-electron chi connectivity index (χ3n) is 4.32. The van der Waals surface area contributed by atoms with Crippen molar-refractivity contribution in [1.29, 1.82) is 0 Å². The van der Waals surface area contributed by atoms with E-state index in [4.69, 9.17) is 9.47 Å². The first-order chi connectivity index (χ1) is 18.3. The predicted octanol–water partition coefficient (Wildman–Crippen LogP) is 4.56. The summed E-state index contributed by atoms with van der Waals surface area (Å²) < 4.78 is 78.5. The van der Waals surface area contributed by atoms with Crippen molar-refractivity contribution in [3.63, 3.8) is 0 Å². The van der Waals surface area contributed by atoms with Crippen molar-refractivity contribution in [2.45, 2.75) is 74.6 Å². The minimum atomic E-state index is -1.78. The topological polar surface area (TPSA) is 129 Å². The summed E-state index contributed by atoms with van der Waals surface area (Å²) in [5, 5.41) is 4.34. The molecule has 0 aliphatic carbocycles. The molecule has 10 nitrogen and oxygen atoms in total. The van der Waals surface area contributed by atoms with E-state index in [1.165, 1.54) is 0 Å². The van der Waals surface area contributed by atoms with Gasteiger partial charge in [0.15, 0.2) is 23.3 Å². The molecule has 0 saturated carbocycles. The summed E-state index contributed by atoms with van der Waals surface area (Å²) in [6, 6.07) is -2.97. The molecule has 2 atom stereocenters. The number of halogens is 4. The molecule has 0 fully saturated rings. The number of amides is 2. The molecule has 40 heavy (non-hydrogen) atoms. The Bertz CT molecular complexity index is 996. The van der Waals surface area contributed by atoms with Crippen LogP contribution >= 0.6 is 23.5 Å². The summed E-state index contributed by atoms with van der Waals surface area (Å²) in [6.07, 6.45) is -2.07. The van der Waals surface area contributed by atoms with Crippen LogP contribution in [0.5, 0.6) is 0 Å². The van der Waals surface area contributed by atoms with Crippen LogP contribution in [0, 0.1) is 23.3 Å². The molecule has 1 aromatic rings. The molecule has 2 amide bonds. The Labute approximate surface area is 237 Å². The normalized spacial score (nSPS) is 13.1. The van der Waals surface area contributed by atoms with E-state index in [0.717, 1.165) is 14.2 Å². The predicted molar refractivity (Wildman–Crippen MR) is 138 cm³/mol. The first-order valence-corrected chi connectivity index (χ1v) is 13.5. The summed E-state index contributed by atoms with van der Waals surface area (Å²) in [5.41, 5.74) is -1.85. The van der Waals surface area contributed by atoms with Gasteiger partial charge in [0, 0.05) is 11.5 Å². The maximum Gasteiger partial charge on any atom is 0.408 e. The van der Waals surface area contributed by atoms with Gasteiger partial charge in [-0.1, -0.05) is 0 Å². The van der Waals surface area contributed by atoms with E-state index in [-0.39, 0.29) is 23.5 Å². The van der Waals surface area contributed by atoms with E-state index in [2.05, 4.69) is 20.1 Å². The van der Waals surface area contributed by atoms with Crippen LogP contribution in [0.15, 0.2) is 9.79 Å². The zero-order valence-corrected chi connectivity index (χ0v) is 24.8. The van der Waals surface area contributed by atoms with Gasteiger partial charge in [0.05, 0.1) is 24.0 Å². The van der Waals surface area contributed by atoms with Crippen molar-refractivity contribution < 1.29 is 55.7 Å². The van der Waals surface area contributed by atoms with Gasteiger partial charge in [-0.3, -0.25) is 0 Å². The third kappa shape index (κ3) is 10.9. The highest BCUT2D eigenvalue weighted by Crippen LogP contribution is 2.36. The molecule has 0 spiro atoms. The summed E-state index contributed by atoms with van der Waals surface area (Å²) >= 11 is 0.422. The average molecular weight is 617 g/mol. The number of ether oxygens (including phenoxy) is 4. The van der Waals surface area contributed by atoms with Gasteiger partial charge in [-0.2, -0.15) is 0 Å². The largest absolute Gasteiger partial charge is 0.467 e. The highest BCUT2D eigenvalue weighted by Gasteiger charge is 2.32. The van der Waals surface area contributed by atoms with Gasteiger partial charge < -0.3 is 29.6 Å². The molecule has 0 aliphatic heterocycles. The maximum absolute atomic E-state index is 14.8. The van der Waals surface area contributed by atoms with Gasteiger partial charge in [-0.05, 0) is 41.5 Å². The third-order valence-corrected chi connectivity index (χ3v) is 6.62. The highest BCUT2D eigenvalue weighted by molar-refractivity contribution is 7.99. The zero-order valence-electron chi connectivity index (χ0n) is 23.2. The van der Waals surface area contributed by atoms with Crippen LogP contribution < -0.4 is 10.6 Å². The lowest BCUT2D eigenvalue weighted by molar-refractivity contribution is -0.143. The van der Waals surface area contributed by atoms with E-state index in [1.807, 2.05) is 0 Å². The van der Waals surface area contributed by atoms with Crippen molar-refractivity contribution >= 4 is 47.6 Å². The Kier molecular flexibility index (Phi) is 12.9. The molecule has 0 aliphatic rings. The summed E-state index contributed by atoms with van der Waals surface area (Å²) in [5.74, 6) is -10.3. The van der Waals surface area contributed by atoms with Crippen LogP contribution in [0.1, 0.15) is 41.5 Å². The highest BCUT2D eigenvalue weighted by atomic mass is 32.2. The van der Waals surface area contributed by atoms with Crippen LogP contribution in [0.3, 0.4) is 0 Å². The van der Waals surface area contributed by atoms with Crippen LogP contribution in [0.4, 0.5) is 27.2 Å². The van der Waals surface area contributed by atoms with E-state index >= 15 is 0 Å². The first-order valence-electron chi connectivity index (χ1n) is 11.6. The molecule has 16 heteroatoms. The molecule has 2 N–H and O–H groups in total. The average Bonchev–Trinajstić information content (AvgIpc) is 2.82. The standard InChI is InChI=1S/C24H32F4N2O8S2/c1-23(2,3)37-21(33)29-11(19(31)35-7)9-39-17-13(25)15(27)18(16(28)14(17)26)40-10-12(20(32)36-8)30-22(34)38-24(4,5)6/h11-12H,9-10H2,1-8H3,(H,29,33)(H,30,34)/t11-,12-/m0/s1. The minimum absolute atomic E-state index is 0.211. The Morgan fingerprint density at radius 1 is 0.650 bits per heavy atom. The number of hydrogen-bond acceptors (Lipinski definition) is 10. The fourth-order valence-electron chi connectivity index (χ4n) is 2.70. The minimum Gasteiger partial charge on any atom is -0.467 e. The number of esters is 2. The number of carbonyl (C=O) groups is 4. The van der Waals surface area contributed by atoms with E-state index in [9.17, 15) is 36.7 Å². The molecule has 1 rings (SSSR count). The molecule has 0 aromatic heterocycles. The van der Waals surface area contributed by atoms with Crippen molar-refractivity contribution in [3.8, 4) is 0 Å². The van der Waals surface area contributed by atoms with Gasteiger partial charge in [0.25, 0.3) is 0 Å². The molecular formula is C24H32F4N2O8S2. The van der Waals surface area contributed by atoms with Crippen molar-refractivity contribution in [2.75, 3.05) is 25.7 Å². The van der Waals surface area contributed by atoms with Crippen molar-refractivity contribution in [2.24, 2.45) is 0 Å². The Hall–Kier alpha value is -2.88. The molecule has 0 heterocycles. The molecule has 0 radical (unpaired) electrons. The van der Waals surface area contributed by atoms with Gasteiger partial charge in [-0.15, -0.1) is 23.5 Å². The van der Waals surface area contributed by atoms with Gasteiger partial charge in [0.1, 0.15) is 23.3 Å². The smallest absolute Gasteiger partial charge is 0.408 e. The molecule has 0 unspecified atom stereocenters. The van der Waals surface area contributed by atoms with Crippen LogP contribution in [-0.4, -0.2) is 73.1 Å².